The first-order chi connectivity index (χ1) is 12.5. The molecular weight excluding hydrogens is 330 g/mol. The van der Waals surface area contributed by atoms with E-state index in [1.807, 2.05) is 30.3 Å². The summed E-state index contributed by atoms with van der Waals surface area (Å²) in [6.45, 7) is 3.06. The predicted molar refractivity (Wildman–Crippen MR) is 101 cm³/mol. The Morgan fingerprint density at radius 3 is 2.50 bits per heavy atom. The topological polar surface area (TPSA) is 98.8 Å². The molecule has 0 aromatic heterocycles. The summed E-state index contributed by atoms with van der Waals surface area (Å²) < 4.78 is 0. The Kier molecular flexibility index (Phi) is 5.44. The van der Waals surface area contributed by atoms with E-state index in [2.05, 4.69) is 10.2 Å². The molecule has 0 radical (unpaired) electrons. The molecule has 26 heavy (non-hydrogen) atoms. The summed E-state index contributed by atoms with van der Waals surface area (Å²) in [7, 11) is 0. The van der Waals surface area contributed by atoms with Crippen molar-refractivity contribution in [2.24, 2.45) is 5.73 Å². The fourth-order valence-electron chi connectivity index (χ4n) is 3.42. The lowest BCUT2D eigenvalue weighted by molar-refractivity contribution is -0.0249. The van der Waals surface area contributed by atoms with E-state index in [1.54, 1.807) is 6.07 Å². The monoisotopic (exact) mass is 355 g/mol. The molecule has 138 valence electrons. The SMILES string of the molecule is NC(=O)c1cc(O)ccc1NCCN1CCC(O)(c2ccccc2)CC1. The summed E-state index contributed by atoms with van der Waals surface area (Å²) in [5.41, 5.74) is 6.48. The number of carbonyl (C=O) groups excluding carboxylic acids is 1. The van der Waals surface area contributed by atoms with Crippen LogP contribution in [-0.2, 0) is 5.60 Å². The van der Waals surface area contributed by atoms with Gasteiger partial charge in [-0.3, -0.25) is 4.79 Å². The Morgan fingerprint density at radius 2 is 1.85 bits per heavy atom. The second kappa shape index (κ2) is 7.76. The Balaban J connectivity index is 1.51. The highest BCUT2D eigenvalue weighted by atomic mass is 16.3. The van der Waals surface area contributed by atoms with Crippen molar-refractivity contribution >= 4 is 11.6 Å². The molecule has 2 aromatic carbocycles. The van der Waals surface area contributed by atoms with Gasteiger partial charge in [0.2, 0.25) is 0 Å². The fourth-order valence-corrected chi connectivity index (χ4v) is 3.42. The Morgan fingerprint density at radius 1 is 1.15 bits per heavy atom. The number of piperidine rings is 1. The number of nitrogens with two attached hydrogens (primary N) is 1. The van der Waals surface area contributed by atoms with Gasteiger partial charge in [0, 0.05) is 31.9 Å². The van der Waals surface area contributed by atoms with E-state index in [9.17, 15) is 15.0 Å². The number of carbonyl (C=O) groups is 1. The molecule has 0 aliphatic carbocycles. The van der Waals surface area contributed by atoms with Crippen LogP contribution in [0.4, 0.5) is 5.69 Å². The van der Waals surface area contributed by atoms with Gasteiger partial charge < -0.3 is 26.2 Å². The fraction of sp³-hybridized carbons (Fsp3) is 0.350. The van der Waals surface area contributed by atoms with Gasteiger partial charge in [-0.2, -0.15) is 0 Å². The average molecular weight is 355 g/mol. The number of nitrogens with zero attached hydrogens (tertiary/aromatic N) is 1. The number of aliphatic hydroxyl groups is 1. The van der Waals surface area contributed by atoms with Gasteiger partial charge in [-0.1, -0.05) is 30.3 Å². The second-order valence-corrected chi connectivity index (χ2v) is 6.76. The largest absolute Gasteiger partial charge is 0.508 e. The number of primary amides is 1. The van der Waals surface area contributed by atoms with Crippen molar-refractivity contribution in [3.8, 4) is 5.75 Å². The first-order valence-electron chi connectivity index (χ1n) is 8.85. The molecule has 5 N–H and O–H groups in total. The summed E-state index contributed by atoms with van der Waals surface area (Å²) >= 11 is 0. The quantitative estimate of drug-likeness (QED) is 0.593. The first kappa shape index (κ1) is 18.2. The number of amides is 1. The molecule has 1 fully saturated rings. The van der Waals surface area contributed by atoms with Crippen molar-refractivity contribution < 1.29 is 15.0 Å². The molecule has 0 atom stereocenters. The summed E-state index contributed by atoms with van der Waals surface area (Å²) in [6, 6.07) is 14.4. The van der Waals surface area contributed by atoms with E-state index in [0.29, 0.717) is 25.1 Å². The standard InChI is InChI=1S/C20H25N3O3/c21-19(25)17-14-16(24)6-7-18(17)22-10-13-23-11-8-20(26,9-12-23)15-4-2-1-3-5-15/h1-7,14,22,24,26H,8-13H2,(H2,21,25). The van der Waals surface area contributed by atoms with E-state index < -0.39 is 11.5 Å². The van der Waals surface area contributed by atoms with E-state index in [0.717, 1.165) is 25.2 Å². The predicted octanol–water partition coefficient (Wildman–Crippen LogP) is 1.89. The Bertz CT molecular complexity index is 756. The molecule has 2 aromatic rings. The molecule has 1 heterocycles. The van der Waals surface area contributed by atoms with Crippen molar-refractivity contribution in [2.45, 2.75) is 18.4 Å². The highest BCUT2D eigenvalue weighted by Gasteiger charge is 2.33. The molecule has 1 aliphatic heterocycles. The van der Waals surface area contributed by atoms with Gasteiger partial charge in [0.25, 0.3) is 5.91 Å². The van der Waals surface area contributed by atoms with Gasteiger partial charge in [-0.05, 0) is 36.6 Å². The van der Waals surface area contributed by atoms with Crippen molar-refractivity contribution in [3.63, 3.8) is 0 Å². The molecule has 6 nitrogen and oxygen atoms in total. The lowest BCUT2D eigenvalue weighted by Gasteiger charge is -2.38. The highest BCUT2D eigenvalue weighted by Crippen LogP contribution is 2.32. The molecule has 0 saturated carbocycles. The second-order valence-electron chi connectivity index (χ2n) is 6.76. The summed E-state index contributed by atoms with van der Waals surface area (Å²) in [5.74, 6) is -0.560. The molecule has 6 heteroatoms. The van der Waals surface area contributed by atoms with Crippen LogP contribution in [0.15, 0.2) is 48.5 Å². The number of benzene rings is 2. The average Bonchev–Trinajstić information content (AvgIpc) is 2.65. The van der Waals surface area contributed by atoms with Crippen LogP contribution >= 0.6 is 0 Å². The molecule has 0 bridgehead atoms. The Labute approximate surface area is 153 Å². The highest BCUT2D eigenvalue weighted by molar-refractivity contribution is 5.98. The number of aromatic hydroxyl groups is 1. The van der Waals surface area contributed by atoms with E-state index in [4.69, 9.17) is 5.73 Å². The molecule has 1 amide bonds. The van der Waals surface area contributed by atoms with Gasteiger partial charge >= 0.3 is 0 Å². The van der Waals surface area contributed by atoms with Crippen LogP contribution in [0.25, 0.3) is 0 Å². The van der Waals surface area contributed by atoms with Gasteiger partial charge in [0.05, 0.1) is 11.2 Å². The number of anilines is 1. The zero-order chi connectivity index (χ0) is 18.6. The van der Waals surface area contributed by atoms with Crippen LogP contribution in [0.1, 0.15) is 28.8 Å². The molecular formula is C20H25N3O3. The molecule has 0 spiro atoms. The van der Waals surface area contributed by atoms with Gasteiger partial charge in [0.1, 0.15) is 5.75 Å². The van der Waals surface area contributed by atoms with Gasteiger partial charge in [-0.25, -0.2) is 0 Å². The van der Waals surface area contributed by atoms with E-state index >= 15 is 0 Å². The smallest absolute Gasteiger partial charge is 0.250 e. The van der Waals surface area contributed by atoms with E-state index in [-0.39, 0.29) is 11.3 Å². The number of hydrogen-bond donors (Lipinski definition) is 4. The van der Waals surface area contributed by atoms with Crippen LogP contribution in [0.3, 0.4) is 0 Å². The number of phenolic OH excluding ortho intramolecular Hbond substituents is 1. The summed E-state index contributed by atoms with van der Waals surface area (Å²) in [4.78, 5) is 13.8. The normalized spacial score (nSPS) is 17.0. The Hall–Kier alpha value is -2.57. The third-order valence-corrected chi connectivity index (χ3v) is 5.01. The van der Waals surface area contributed by atoms with Crippen LogP contribution in [0.5, 0.6) is 5.75 Å². The maximum Gasteiger partial charge on any atom is 0.250 e. The maximum absolute atomic E-state index is 11.5. The summed E-state index contributed by atoms with van der Waals surface area (Å²) in [5, 5.41) is 23.6. The third kappa shape index (κ3) is 4.15. The molecule has 0 unspecified atom stereocenters. The maximum atomic E-state index is 11.5. The van der Waals surface area contributed by atoms with Crippen molar-refractivity contribution in [2.75, 3.05) is 31.5 Å². The number of nitrogens with one attached hydrogen (secondary N) is 1. The lowest BCUT2D eigenvalue weighted by atomic mass is 9.84. The van der Waals surface area contributed by atoms with Crippen LogP contribution in [-0.4, -0.2) is 47.2 Å². The number of phenols is 1. The molecule has 1 aliphatic rings. The minimum absolute atomic E-state index is 0.0144. The van der Waals surface area contributed by atoms with Crippen LogP contribution in [0, 0.1) is 0 Å². The lowest BCUT2D eigenvalue weighted by Crippen LogP contribution is -2.44. The van der Waals surface area contributed by atoms with Crippen LogP contribution in [0.2, 0.25) is 0 Å². The molecule has 3 rings (SSSR count). The number of rotatable bonds is 6. The first-order valence-corrected chi connectivity index (χ1v) is 8.85. The van der Waals surface area contributed by atoms with Crippen molar-refractivity contribution in [1.82, 2.24) is 4.90 Å². The van der Waals surface area contributed by atoms with E-state index in [1.165, 1.54) is 12.1 Å². The minimum atomic E-state index is -0.749. The van der Waals surface area contributed by atoms with Gasteiger partial charge in [0.15, 0.2) is 0 Å². The number of hydrogen-bond acceptors (Lipinski definition) is 5. The number of likely N-dealkylation sites (tertiary alicyclic amines) is 1. The van der Waals surface area contributed by atoms with Gasteiger partial charge in [-0.15, -0.1) is 0 Å². The zero-order valence-corrected chi connectivity index (χ0v) is 14.7. The third-order valence-electron chi connectivity index (χ3n) is 5.01. The summed E-state index contributed by atoms with van der Waals surface area (Å²) in [6.07, 6.45) is 1.39. The van der Waals surface area contributed by atoms with Crippen molar-refractivity contribution in [3.05, 3.63) is 59.7 Å². The van der Waals surface area contributed by atoms with Crippen LogP contribution < -0.4 is 11.1 Å². The zero-order valence-electron chi connectivity index (χ0n) is 14.7. The minimum Gasteiger partial charge on any atom is -0.508 e. The van der Waals surface area contributed by atoms with Crippen molar-refractivity contribution in [1.29, 1.82) is 0 Å². The molecule has 1 saturated heterocycles.